The van der Waals surface area contributed by atoms with Crippen molar-refractivity contribution in [3.05, 3.63) is 102 Å². The zero-order valence-corrected chi connectivity index (χ0v) is 30.8. The molecule has 2 aromatic carbocycles. The van der Waals surface area contributed by atoms with E-state index in [0.717, 1.165) is 16.7 Å². The van der Waals surface area contributed by atoms with Gasteiger partial charge in [-0.15, -0.1) is 0 Å². The van der Waals surface area contributed by atoms with E-state index in [0.29, 0.717) is 26.1 Å². The first kappa shape index (κ1) is 39.8. The SMILES string of the molecule is CC[C@H](C)[C@@H](C(=O)N[C@@H](Cc1ccccc1)[C@@H](O)CN(Cc1ccccc1)NC(=O)C(OC(N)=O)C(C)(C)C)N1CCN(Cc2cccnc2)C1=O. The molecule has 1 aromatic heterocycles. The lowest BCUT2D eigenvalue weighted by Gasteiger charge is -2.35. The zero-order chi connectivity index (χ0) is 37.8. The first-order valence-electron chi connectivity index (χ1n) is 17.8. The molecule has 5 N–H and O–H groups in total. The van der Waals surface area contributed by atoms with Gasteiger partial charge in [0.25, 0.3) is 5.91 Å². The van der Waals surface area contributed by atoms with Crippen molar-refractivity contribution < 1.29 is 29.0 Å². The fourth-order valence-electron chi connectivity index (χ4n) is 6.33. The second-order valence-corrected chi connectivity index (χ2v) is 14.5. The Hall–Kier alpha value is -5.01. The summed E-state index contributed by atoms with van der Waals surface area (Å²) in [4.78, 5) is 60.8. The zero-order valence-electron chi connectivity index (χ0n) is 30.8. The van der Waals surface area contributed by atoms with Crippen LogP contribution in [0.4, 0.5) is 9.59 Å². The number of aliphatic hydroxyl groups excluding tert-OH is 1. The summed E-state index contributed by atoms with van der Waals surface area (Å²) < 4.78 is 5.21. The van der Waals surface area contributed by atoms with Gasteiger partial charge in [-0.25, -0.2) is 14.6 Å². The van der Waals surface area contributed by atoms with E-state index >= 15 is 0 Å². The van der Waals surface area contributed by atoms with Crippen LogP contribution in [0.1, 0.15) is 57.7 Å². The average molecular weight is 716 g/mol. The molecule has 13 heteroatoms. The van der Waals surface area contributed by atoms with Crippen molar-refractivity contribution in [1.82, 2.24) is 30.5 Å². The number of hydrazine groups is 1. The van der Waals surface area contributed by atoms with Gasteiger partial charge < -0.3 is 30.7 Å². The number of hydrogen-bond donors (Lipinski definition) is 4. The number of pyridine rings is 1. The summed E-state index contributed by atoms with van der Waals surface area (Å²) >= 11 is 0. The van der Waals surface area contributed by atoms with Crippen molar-refractivity contribution in [2.75, 3.05) is 19.6 Å². The van der Waals surface area contributed by atoms with E-state index in [4.69, 9.17) is 10.5 Å². The number of nitrogens with two attached hydrogens (primary N) is 1. The summed E-state index contributed by atoms with van der Waals surface area (Å²) in [5.41, 5.74) is 9.99. The number of benzene rings is 2. The molecule has 13 nitrogen and oxygen atoms in total. The van der Waals surface area contributed by atoms with Gasteiger partial charge in [0.2, 0.25) is 5.91 Å². The molecule has 4 rings (SSSR count). The van der Waals surface area contributed by atoms with E-state index in [1.165, 1.54) is 0 Å². The third-order valence-corrected chi connectivity index (χ3v) is 9.25. The maximum absolute atomic E-state index is 14.3. The summed E-state index contributed by atoms with van der Waals surface area (Å²) in [6.07, 6.45) is 0.853. The molecule has 5 atom stereocenters. The molecule has 0 spiro atoms. The Morgan fingerprint density at radius 2 is 1.60 bits per heavy atom. The van der Waals surface area contributed by atoms with Gasteiger partial charge in [-0.2, -0.15) is 0 Å². The lowest BCUT2D eigenvalue weighted by atomic mass is 9.88. The highest BCUT2D eigenvalue weighted by Crippen LogP contribution is 2.24. The van der Waals surface area contributed by atoms with Gasteiger partial charge >= 0.3 is 12.1 Å². The summed E-state index contributed by atoms with van der Waals surface area (Å²) in [5, 5.41) is 16.6. The monoisotopic (exact) mass is 715 g/mol. The first-order valence-corrected chi connectivity index (χ1v) is 17.8. The number of aliphatic hydroxyl groups is 1. The quantitative estimate of drug-likeness (QED) is 0.153. The highest BCUT2D eigenvalue weighted by molar-refractivity contribution is 5.88. The fourth-order valence-corrected chi connectivity index (χ4v) is 6.33. The molecule has 1 saturated heterocycles. The molecular formula is C39H53N7O6. The van der Waals surface area contributed by atoms with Crippen LogP contribution in [0.2, 0.25) is 0 Å². The lowest BCUT2D eigenvalue weighted by Crippen LogP contribution is -2.59. The third kappa shape index (κ3) is 11.2. The number of rotatable bonds is 17. The number of ether oxygens (including phenoxy) is 1. The van der Waals surface area contributed by atoms with Crippen molar-refractivity contribution in [2.45, 2.75) is 84.8 Å². The van der Waals surface area contributed by atoms with E-state index in [1.807, 2.05) is 86.6 Å². The maximum atomic E-state index is 14.3. The van der Waals surface area contributed by atoms with Crippen molar-refractivity contribution in [1.29, 1.82) is 0 Å². The van der Waals surface area contributed by atoms with Gasteiger partial charge in [0.1, 0.15) is 6.04 Å². The minimum Gasteiger partial charge on any atom is -0.436 e. The minimum absolute atomic E-state index is 0.0959. The standard InChI is InChI=1S/C39H53N7O6/c1-6-27(2)33(46-21-20-44(38(46)51)24-30-18-13-19-41-23-30)35(48)42-31(22-28-14-9-7-10-15-28)32(47)26-45(25-29-16-11-8-12-17-29)43-36(49)34(39(3,4)5)52-37(40)50/h7-19,23,27,31-34,47H,6,20-22,24-26H2,1-5H3,(H2,40,50)(H,42,48)(H,43,49)/t27-,31-,32-,33-,34?/m0/s1. The number of aromatic nitrogens is 1. The number of carbonyl (C=O) groups is 4. The van der Waals surface area contributed by atoms with Crippen LogP contribution in [0.5, 0.6) is 0 Å². The molecule has 3 aromatic rings. The minimum atomic E-state index is -1.22. The molecule has 1 aliphatic rings. The Balaban J connectivity index is 1.59. The molecule has 0 saturated carbocycles. The predicted octanol–water partition coefficient (Wildman–Crippen LogP) is 3.87. The van der Waals surface area contributed by atoms with Gasteiger partial charge in [0, 0.05) is 50.5 Å². The van der Waals surface area contributed by atoms with Gasteiger partial charge in [-0.1, -0.05) is 108 Å². The Bertz CT molecular complexity index is 1610. The van der Waals surface area contributed by atoms with Gasteiger partial charge in [0.15, 0.2) is 6.10 Å². The van der Waals surface area contributed by atoms with E-state index in [2.05, 4.69) is 15.7 Å². The van der Waals surface area contributed by atoms with Crippen LogP contribution in [0.15, 0.2) is 85.2 Å². The predicted molar refractivity (Wildman–Crippen MR) is 197 cm³/mol. The first-order chi connectivity index (χ1) is 24.8. The van der Waals surface area contributed by atoms with Crippen molar-refractivity contribution >= 4 is 23.9 Å². The number of nitrogens with zero attached hydrogens (tertiary/aromatic N) is 4. The van der Waals surface area contributed by atoms with E-state index in [9.17, 15) is 24.3 Å². The van der Waals surface area contributed by atoms with Crippen LogP contribution in [-0.4, -0.2) is 92.8 Å². The maximum Gasteiger partial charge on any atom is 0.405 e. The van der Waals surface area contributed by atoms with Crippen LogP contribution >= 0.6 is 0 Å². The molecule has 5 amide bonds. The van der Waals surface area contributed by atoms with Crippen LogP contribution in [0.3, 0.4) is 0 Å². The molecular weight excluding hydrogens is 662 g/mol. The Kier molecular flexibility index (Phi) is 14.1. The molecule has 2 heterocycles. The van der Waals surface area contributed by atoms with Crippen LogP contribution in [0, 0.1) is 11.3 Å². The van der Waals surface area contributed by atoms with Crippen LogP contribution in [-0.2, 0) is 33.8 Å². The normalized spacial score (nSPS) is 16.2. The van der Waals surface area contributed by atoms with E-state index in [1.54, 1.807) is 48.0 Å². The number of hydrogen-bond acceptors (Lipinski definition) is 8. The number of urea groups is 1. The van der Waals surface area contributed by atoms with E-state index < -0.39 is 41.7 Å². The molecule has 0 bridgehead atoms. The van der Waals surface area contributed by atoms with Crippen molar-refractivity contribution in [3.63, 3.8) is 0 Å². The average Bonchev–Trinajstić information content (AvgIpc) is 3.45. The number of nitrogens with one attached hydrogen (secondary N) is 2. The summed E-state index contributed by atoms with van der Waals surface area (Å²) in [6, 6.07) is 20.8. The highest BCUT2D eigenvalue weighted by Gasteiger charge is 2.41. The van der Waals surface area contributed by atoms with Crippen molar-refractivity contribution in [2.24, 2.45) is 17.1 Å². The van der Waals surface area contributed by atoms with Gasteiger partial charge in [-0.3, -0.25) is 20.0 Å². The number of carbonyl (C=O) groups excluding carboxylic acids is 4. The summed E-state index contributed by atoms with van der Waals surface area (Å²) in [6.45, 7) is 10.5. The molecule has 0 radical (unpaired) electrons. The largest absolute Gasteiger partial charge is 0.436 e. The van der Waals surface area contributed by atoms with Crippen molar-refractivity contribution in [3.8, 4) is 0 Å². The Labute approximate surface area is 306 Å². The summed E-state index contributed by atoms with van der Waals surface area (Å²) in [5.74, 6) is -1.16. The third-order valence-electron chi connectivity index (χ3n) is 9.25. The second-order valence-electron chi connectivity index (χ2n) is 14.5. The lowest BCUT2D eigenvalue weighted by molar-refractivity contribution is -0.141. The summed E-state index contributed by atoms with van der Waals surface area (Å²) in [7, 11) is 0. The highest BCUT2D eigenvalue weighted by atomic mass is 16.6. The molecule has 1 aliphatic heterocycles. The smallest absolute Gasteiger partial charge is 0.405 e. The molecule has 1 unspecified atom stereocenters. The topological polar surface area (TPSA) is 170 Å². The fraction of sp³-hybridized carbons (Fsp3) is 0.462. The number of amides is 5. The Morgan fingerprint density at radius 1 is 0.962 bits per heavy atom. The Morgan fingerprint density at radius 3 is 2.17 bits per heavy atom. The molecule has 280 valence electrons. The molecule has 52 heavy (non-hydrogen) atoms. The molecule has 0 aliphatic carbocycles. The van der Waals surface area contributed by atoms with Gasteiger partial charge in [-0.05, 0) is 35.1 Å². The van der Waals surface area contributed by atoms with E-state index in [-0.39, 0.29) is 37.4 Å². The van der Waals surface area contributed by atoms with Gasteiger partial charge in [0.05, 0.1) is 12.1 Å². The van der Waals surface area contributed by atoms with Crippen LogP contribution < -0.4 is 16.5 Å². The molecule has 1 fully saturated rings. The number of primary amides is 1. The second kappa shape index (κ2) is 18.5. The van der Waals surface area contributed by atoms with Crippen LogP contribution in [0.25, 0.3) is 0 Å².